The van der Waals surface area contributed by atoms with Crippen LogP contribution in [0.5, 0.6) is 5.75 Å². The van der Waals surface area contributed by atoms with E-state index in [1.807, 2.05) is 0 Å². The van der Waals surface area contributed by atoms with Gasteiger partial charge >= 0.3 is 0 Å². The molecule has 9 nitrogen and oxygen atoms in total. The van der Waals surface area contributed by atoms with Crippen LogP contribution in [0.15, 0.2) is 40.8 Å². The third kappa shape index (κ3) is 6.90. The summed E-state index contributed by atoms with van der Waals surface area (Å²) in [5, 5.41) is 5.90. The van der Waals surface area contributed by atoms with Crippen LogP contribution in [0.1, 0.15) is 27.9 Å². The first-order valence-corrected chi connectivity index (χ1v) is 11.2. The molecule has 0 saturated carbocycles. The second-order valence-corrected chi connectivity index (χ2v) is 8.31. The molecule has 3 rings (SSSR count). The molecule has 1 aliphatic rings. The predicted molar refractivity (Wildman–Crippen MR) is 127 cm³/mol. The van der Waals surface area contributed by atoms with E-state index < -0.39 is 5.82 Å². The van der Waals surface area contributed by atoms with E-state index in [2.05, 4.69) is 25.0 Å². The molecule has 1 aromatic heterocycles. The smallest absolute Gasteiger partial charge is 0.251 e. The molecule has 1 amide bonds. The second kappa shape index (κ2) is 12.2. The lowest BCUT2D eigenvalue weighted by atomic mass is 10.0. The highest BCUT2D eigenvalue weighted by Gasteiger charge is 2.16. The van der Waals surface area contributed by atoms with Crippen LogP contribution in [-0.4, -0.2) is 54.7 Å². The molecule has 11 heteroatoms. The number of anilines is 1. The van der Waals surface area contributed by atoms with Crippen molar-refractivity contribution in [3.63, 3.8) is 0 Å². The third-order valence-electron chi connectivity index (χ3n) is 4.94. The van der Waals surface area contributed by atoms with Crippen molar-refractivity contribution in [2.24, 2.45) is 10.1 Å². The van der Waals surface area contributed by atoms with Gasteiger partial charge in [-0.1, -0.05) is 0 Å². The van der Waals surface area contributed by atoms with E-state index in [0.717, 1.165) is 18.6 Å². The van der Waals surface area contributed by atoms with Gasteiger partial charge in [0.2, 0.25) is 5.95 Å². The quantitative estimate of drug-likeness (QED) is 0.354. The summed E-state index contributed by atoms with van der Waals surface area (Å²) < 4.78 is 29.3. The van der Waals surface area contributed by atoms with Gasteiger partial charge in [-0.3, -0.25) is 4.79 Å². The molecule has 1 saturated heterocycles. The van der Waals surface area contributed by atoms with Gasteiger partial charge in [-0.25, -0.2) is 18.8 Å². The Morgan fingerprint density at radius 2 is 2.18 bits per heavy atom. The zero-order valence-electron chi connectivity index (χ0n) is 18.5. The number of aromatic nitrogens is 2. The van der Waals surface area contributed by atoms with E-state index in [9.17, 15) is 9.18 Å². The van der Waals surface area contributed by atoms with Crippen molar-refractivity contribution in [3.05, 3.63) is 58.9 Å². The molecule has 1 fully saturated rings. The number of ether oxygens (including phenoxy) is 2. The van der Waals surface area contributed by atoms with Crippen LogP contribution in [0, 0.1) is 5.82 Å². The summed E-state index contributed by atoms with van der Waals surface area (Å²) in [7, 11) is 2.89. The predicted octanol–water partition coefficient (Wildman–Crippen LogP) is 2.49. The van der Waals surface area contributed by atoms with Crippen LogP contribution in [0.4, 0.5) is 10.3 Å². The monoisotopic (exact) mass is 474 g/mol. The first-order valence-electron chi connectivity index (χ1n) is 10.4. The van der Waals surface area contributed by atoms with Crippen LogP contribution >= 0.6 is 11.9 Å². The normalized spacial score (nSPS) is 16.2. The Bertz CT molecular complexity index is 1010. The summed E-state index contributed by atoms with van der Waals surface area (Å²) in [5.41, 5.74) is 7.75. The van der Waals surface area contributed by atoms with Crippen LogP contribution < -0.4 is 21.1 Å². The largest absolute Gasteiger partial charge is 0.494 e. The SMILES string of the molecule is CNC(=O)c1cc(CCc2cnc(NC(/C=N\S[C@H]3CCOC3)=C/N)nc2)c(F)c(OC)c1. The van der Waals surface area contributed by atoms with E-state index >= 15 is 0 Å². The Morgan fingerprint density at radius 3 is 2.82 bits per heavy atom. The number of nitrogens with one attached hydrogen (secondary N) is 2. The highest BCUT2D eigenvalue weighted by Crippen LogP contribution is 2.24. The molecule has 33 heavy (non-hydrogen) atoms. The summed E-state index contributed by atoms with van der Waals surface area (Å²) in [6.07, 6.45) is 8.14. The number of methoxy groups -OCH3 is 1. The number of rotatable bonds is 10. The number of allylic oxidation sites excluding steroid dienone is 1. The van der Waals surface area contributed by atoms with Gasteiger partial charge < -0.3 is 25.8 Å². The van der Waals surface area contributed by atoms with E-state index in [1.165, 1.54) is 44.4 Å². The molecule has 0 radical (unpaired) electrons. The summed E-state index contributed by atoms with van der Waals surface area (Å²) >= 11 is 1.46. The maximum Gasteiger partial charge on any atom is 0.251 e. The molecule has 2 aromatic rings. The summed E-state index contributed by atoms with van der Waals surface area (Å²) in [6.45, 7) is 1.47. The Morgan fingerprint density at radius 1 is 1.39 bits per heavy atom. The van der Waals surface area contributed by atoms with Gasteiger partial charge in [-0.2, -0.15) is 0 Å². The maximum absolute atomic E-state index is 14.6. The average molecular weight is 475 g/mol. The van der Waals surface area contributed by atoms with Crippen molar-refractivity contribution >= 4 is 30.0 Å². The number of benzene rings is 1. The molecular formula is C22H27FN6O3S. The van der Waals surface area contributed by atoms with E-state index in [0.29, 0.717) is 47.5 Å². The minimum Gasteiger partial charge on any atom is -0.494 e. The van der Waals surface area contributed by atoms with Gasteiger partial charge in [0.15, 0.2) is 11.6 Å². The molecule has 0 bridgehead atoms. The van der Waals surface area contributed by atoms with Crippen LogP contribution in [0.2, 0.25) is 0 Å². The van der Waals surface area contributed by atoms with Crippen molar-refractivity contribution in [2.45, 2.75) is 24.5 Å². The molecule has 0 aliphatic carbocycles. The lowest BCUT2D eigenvalue weighted by molar-refractivity contribution is 0.0962. The van der Waals surface area contributed by atoms with E-state index in [4.69, 9.17) is 15.2 Å². The molecule has 1 aromatic carbocycles. The number of carbonyl (C=O) groups excluding carboxylic acids is 1. The number of nitrogens with zero attached hydrogens (tertiary/aromatic N) is 3. The lowest BCUT2D eigenvalue weighted by Gasteiger charge is -2.11. The highest BCUT2D eigenvalue weighted by atomic mass is 32.2. The molecule has 176 valence electrons. The van der Waals surface area contributed by atoms with E-state index in [-0.39, 0.29) is 11.7 Å². The first-order chi connectivity index (χ1) is 16.0. The Balaban J connectivity index is 1.59. The highest BCUT2D eigenvalue weighted by molar-refractivity contribution is 7.98. The van der Waals surface area contributed by atoms with Crippen molar-refractivity contribution in [1.82, 2.24) is 15.3 Å². The van der Waals surface area contributed by atoms with Gasteiger partial charge in [0, 0.05) is 37.8 Å². The molecule has 0 unspecified atom stereocenters. The van der Waals surface area contributed by atoms with Gasteiger partial charge in [0.1, 0.15) is 0 Å². The zero-order chi connectivity index (χ0) is 23.6. The third-order valence-corrected chi connectivity index (χ3v) is 5.83. The minimum absolute atomic E-state index is 0.0308. The van der Waals surface area contributed by atoms with E-state index in [1.54, 1.807) is 18.6 Å². The fraction of sp³-hybridized carbons (Fsp3) is 0.364. The van der Waals surface area contributed by atoms with Crippen molar-refractivity contribution in [1.29, 1.82) is 0 Å². The number of hydrogen-bond acceptors (Lipinski definition) is 9. The average Bonchev–Trinajstić information content (AvgIpc) is 3.36. The Labute approximate surface area is 196 Å². The fourth-order valence-corrected chi connectivity index (χ4v) is 3.81. The van der Waals surface area contributed by atoms with Crippen molar-refractivity contribution < 1.29 is 18.7 Å². The molecule has 1 aliphatic heterocycles. The summed E-state index contributed by atoms with van der Waals surface area (Å²) in [4.78, 5) is 20.5. The maximum atomic E-state index is 14.6. The van der Waals surface area contributed by atoms with Gasteiger partial charge in [0.05, 0.1) is 30.9 Å². The number of amides is 1. The topological polar surface area (TPSA) is 124 Å². The Hall–Kier alpha value is -3.18. The fourth-order valence-electron chi connectivity index (χ4n) is 3.10. The van der Waals surface area contributed by atoms with Crippen LogP contribution in [0.25, 0.3) is 0 Å². The molecule has 2 heterocycles. The number of carbonyl (C=O) groups is 1. The minimum atomic E-state index is -0.483. The standard InChI is InChI=1S/C22H27FN6O3S/c1-25-21(30)16-7-15(20(23)19(8-16)31-2)4-3-14-10-26-22(27-11-14)29-17(9-24)12-28-33-18-5-6-32-13-18/h7-12,18H,3-6,13,24H2,1-2H3,(H,25,30)(H,26,27,29)/b17-9+,28-12-/t18-/m0/s1. The number of halogens is 1. The summed E-state index contributed by atoms with van der Waals surface area (Å²) in [5.74, 6) is -0.396. The van der Waals surface area contributed by atoms with Crippen molar-refractivity contribution in [3.8, 4) is 5.75 Å². The van der Waals surface area contributed by atoms with Gasteiger partial charge in [0.25, 0.3) is 5.91 Å². The second-order valence-electron chi connectivity index (χ2n) is 7.22. The molecule has 4 N–H and O–H groups in total. The summed E-state index contributed by atoms with van der Waals surface area (Å²) in [6, 6.07) is 2.91. The number of hydrogen-bond donors (Lipinski definition) is 3. The molecule has 1 atom stereocenters. The van der Waals surface area contributed by atoms with Crippen LogP contribution in [-0.2, 0) is 17.6 Å². The lowest BCUT2D eigenvalue weighted by Crippen LogP contribution is -2.18. The Kier molecular flexibility index (Phi) is 9.02. The van der Waals surface area contributed by atoms with Crippen molar-refractivity contribution in [2.75, 3.05) is 32.7 Å². The zero-order valence-corrected chi connectivity index (χ0v) is 19.3. The van der Waals surface area contributed by atoms with Gasteiger partial charge in [-0.15, -0.1) is 0 Å². The van der Waals surface area contributed by atoms with Gasteiger partial charge in [-0.05, 0) is 54.5 Å². The first kappa shape index (κ1) is 24.5. The number of aryl methyl sites for hydroxylation is 2. The number of nitrogens with two attached hydrogens (primary N) is 1. The molecular weight excluding hydrogens is 447 g/mol. The molecule has 0 spiro atoms. The van der Waals surface area contributed by atoms with Crippen LogP contribution in [0.3, 0.4) is 0 Å².